The van der Waals surface area contributed by atoms with Crippen LogP contribution in [0.2, 0.25) is 5.02 Å². The maximum absolute atomic E-state index is 13.1. The number of ether oxygens (including phenoxy) is 1. The number of carbonyl (C=O) groups excluding carboxylic acids is 1. The van der Waals surface area contributed by atoms with Crippen LogP contribution in [0.1, 0.15) is 16.1 Å². The van der Waals surface area contributed by atoms with Crippen LogP contribution in [0.3, 0.4) is 0 Å². The van der Waals surface area contributed by atoms with Gasteiger partial charge in [0.05, 0.1) is 18.5 Å². The highest BCUT2D eigenvalue weighted by atomic mass is 35.5. The summed E-state index contributed by atoms with van der Waals surface area (Å²) < 4.78 is 44.7. The van der Waals surface area contributed by atoms with Crippen molar-refractivity contribution in [3.8, 4) is 5.69 Å². The van der Waals surface area contributed by atoms with Crippen molar-refractivity contribution in [1.82, 2.24) is 9.55 Å². The molecular formula is C17H11ClF3N3O3. The molecule has 3 rings (SSSR count). The Hall–Kier alpha value is -3.07. The lowest BCUT2D eigenvalue weighted by Crippen LogP contribution is -2.29. The standard InChI is InChI=1S/C17H11ClF3N3O3/c1-27-16(26)12-13(22)10-6-7-11(17(19,20)21)23-14(10)24(15(12)25)9-4-2-8(18)3-5-9/h2-7H,22H2,1H3. The number of alkyl halides is 3. The highest BCUT2D eigenvalue weighted by Crippen LogP contribution is 2.31. The van der Waals surface area contributed by atoms with Gasteiger partial charge in [0.15, 0.2) is 0 Å². The number of carbonyl (C=O) groups is 1. The van der Waals surface area contributed by atoms with E-state index in [9.17, 15) is 22.8 Å². The first-order valence-corrected chi connectivity index (χ1v) is 7.79. The number of hydrogen-bond donors (Lipinski definition) is 1. The van der Waals surface area contributed by atoms with E-state index in [1.54, 1.807) is 0 Å². The summed E-state index contributed by atoms with van der Waals surface area (Å²) in [5.41, 5.74) is 2.71. The lowest BCUT2D eigenvalue weighted by atomic mass is 10.1. The second kappa shape index (κ2) is 6.58. The first-order valence-electron chi connectivity index (χ1n) is 7.42. The Bertz CT molecular complexity index is 1110. The smallest absolute Gasteiger partial charge is 0.433 e. The lowest BCUT2D eigenvalue weighted by molar-refractivity contribution is -0.141. The minimum Gasteiger partial charge on any atom is -0.465 e. The third-order valence-corrected chi connectivity index (χ3v) is 4.08. The monoisotopic (exact) mass is 397 g/mol. The van der Waals surface area contributed by atoms with Crippen molar-refractivity contribution < 1.29 is 22.7 Å². The zero-order valence-electron chi connectivity index (χ0n) is 13.7. The number of nitrogens with two attached hydrogens (primary N) is 1. The van der Waals surface area contributed by atoms with E-state index >= 15 is 0 Å². The van der Waals surface area contributed by atoms with Crippen molar-refractivity contribution in [2.45, 2.75) is 6.18 Å². The van der Waals surface area contributed by atoms with Crippen molar-refractivity contribution in [2.75, 3.05) is 12.8 Å². The predicted octanol–water partition coefficient (Wildman–Crippen LogP) is 3.43. The number of benzene rings is 1. The highest BCUT2D eigenvalue weighted by molar-refractivity contribution is 6.30. The van der Waals surface area contributed by atoms with Crippen LogP contribution in [0.15, 0.2) is 41.2 Å². The molecule has 0 aliphatic heterocycles. The zero-order chi connectivity index (χ0) is 19.9. The van der Waals surface area contributed by atoms with Crippen molar-refractivity contribution in [1.29, 1.82) is 0 Å². The number of anilines is 1. The van der Waals surface area contributed by atoms with Gasteiger partial charge in [-0.2, -0.15) is 13.2 Å². The molecule has 0 saturated heterocycles. The quantitative estimate of drug-likeness (QED) is 0.669. The summed E-state index contributed by atoms with van der Waals surface area (Å²) >= 11 is 5.83. The number of nitrogen functional groups attached to an aromatic ring is 1. The van der Waals surface area contributed by atoms with E-state index < -0.39 is 29.0 Å². The average molecular weight is 398 g/mol. The van der Waals surface area contributed by atoms with Crippen LogP contribution in [0.25, 0.3) is 16.7 Å². The van der Waals surface area contributed by atoms with Gasteiger partial charge < -0.3 is 10.5 Å². The fourth-order valence-corrected chi connectivity index (χ4v) is 2.70. The lowest BCUT2D eigenvalue weighted by Gasteiger charge is -2.16. The molecule has 0 unspecified atom stereocenters. The molecule has 27 heavy (non-hydrogen) atoms. The van der Waals surface area contributed by atoms with Gasteiger partial charge in [-0.05, 0) is 36.4 Å². The largest absolute Gasteiger partial charge is 0.465 e. The SMILES string of the molecule is COC(=O)c1c(N)c2ccc(C(F)(F)F)nc2n(-c2ccc(Cl)cc2)c1=O. The molecule has 10 heteroatoms. The molecule has 2 N–H and O–H groups in total. The molecule has 0 spiro atoms. The molecule has 2 heterocycles. The van der Waals surface area contributed by atoms with Crippen LogP contribution in [-0.2, 0) is 10.9 Å². The van der Waals surface area contributed by atoms with Gasteiger partial charge in [0.25, 0.3) is 5.56 Å². The molecule has 0 atom stereocenters. The number of hydrogen-bond acceptors (Lipinski definition) is 5. The van der Waals surface area contributed by atoms with Crippen molar-refractivity contribution in [2.24, 2.45) is 0 Å². The van der Waals surface area contributed by atoms with E-state index in [4.69, 9.17) is 17.3 Å². The minimum absolute atomic E-state index is 0.00190. The number of fused-ring (bicyclic) bond motifs is 1. The summed E-state index contributed by atoms with van der Waals surface area (Å²) in [6.45, 7) is 0. The molecule has 140 valence electrons. The molecule has 1 aromatic carbocycles. The van der Waals surface area contributed by atoms with Gasteiger partial charge in [0, 0.05) is 10.4 Å². The molecule has 0 fully saturated rings. The summed E-state index contributed by atoms with van der Waals surface area (Å²) in [6.07, 6.45) is -4.73. The van der Waals surface area contributed by atoms with Crippen LogP contribution in [-0.4, -0.2) is 22.6 Å². The Balaban J connectivity index is 2.50. The number of halogens is 4. The topological polar surface area (TPSA) is 87.2 Å². The minimum atomic E-state index is -4.73. The Labute approximate surface area is 154 Å². The Morgan fingerprint density at radius 1 is 1.19 bits per heavy atom. The third kappa shape index (κ3) is 3.21. The van der Waals surface area contributed by atoms with E-state index in [1.807, 2.05) is 0 Å². The molecule has 0 bridgehead atoms. The number of esters is 1. The van der Waals surface area contributed by atoms with E-state index in [-0.39, 0.29) is 22.4 Å². The van der Waals surface area contributed by atoms with Gasteiger partial charge in [0.2, 0.25) is 0 Å². The van der Waals surface area contributed by atoms with Gasteiger partial charge >= 0.3 is 12.1 Å². The molecule has 0 saturated carbocycles. The molecule has 0 amide bonds. The van der Waals surface area contributed by atoms with Gasteiger partial charge in [0.1, 0.15) is 16.9 Å². The summed E-state index contributed by atoms with van der Waals surface area (Å²) in [7, 11) is 1.06. The average Bonchev–Trinajstić information content (AvgIpc) is 2.62. The summed E-state index contributed by atoms with van der Waals surface area (Å²) in [5.74, 6) is -1.01. The van der Waals surface area contributed by atoms with Crippen LogP contribution in [0.5, 0.6) is 0 Å². The fraction of sp³-hybridized carbons (Fsp3) is 0.118. The maximum atomic E-state index is 13.1. The van der Waals surface area contributed by atoms with Crippen molar-refractivity contribution in [3.05, 3.63) is 63.0 Å². The molecule has 0 aliphatic carbocycles. The van der Waals surface area contributed by atoms with Crippen LogP contribution in [0.4, 0.5) is 18.9 Å². The molecular weight excluding hydrogens is 387 g/mol. The normalized spacial score (nSPS) is 11.6. The molecule has 0 radical (unpaired) electrons. The number of rotatable bonds is 2. The Morgan fingerprint density at radius 2 is 1.81 bits per heavy atom. The summed E-state index contributed by atoms with van der Waals surface area (Å²) in [5, 5.41) is 0.349. The first-order chi connectivity index (χ1) is 12.6. The van der Waals surface area contributed by atoms with Crippen LogP contribution >= 0.6 is 11.6 Å². The summed E-state index contributed by atoms with van der Waals surface area (Å²) in [6, 6.07) is 7.47. The Morgan fingerprint density at radius 3 is 2.37 bits per heavy atom. The van der Waals surface area contributed by atoms with Crippen molar-refractivity contribution >= 4 is 34.3 Å². The summed E-state index contributed by atoms with van der Waals surface area (Å²) in [4.78, 5) is 28.5. The van der Waals surface area contributed by atoms with Gasteiger partial charge in [-0.1, -0.05) is 11.6 Å². The number of methoxy groups -OCH3 is 1. The molecule has 0 aliphatic rings. The second-order valence-corrected chi connectivity index (χ2v) is 5.90. The zero-order valence-corrected chi connectivity index (χ0v) is 14.4. The Kier molecular flexibility index (Phi) is 4.56. The maximum Gasteiger partial charge on any atom is 0.433 e. The number of nitrogens with zero attached hydrogens (tertiary/aromatic N) is 2. The predicted molar refractivity (Wildman–Crippen MR) is 93.1 cm³/mol. The van der Waals surface area contributed by atoms with E-state index in [0.717, 1.165) is 23.8 Å². The van der Waals surface area contributed by atoms with Gasteiger partial charge in [-0.25, -0.2) is 9.78 Å². The van der Waals surface area contributed by atoms with Crippen molar-refractivity contribution in [3.63, 3.8) is 0 Å². The molecule has 6 nitrogen and oxygen atoms in total. The highest BCUT2D eigenvalue weighted by Gasteiger charge is 2.33. The van der Waals surface area contributed by atoms with E-state index in [2.05, 4.69) is 9.72 Å². The third-order valence-electron chi connectivity index (χ3n) is 3.83. The first kappa shape index (κ1) is 18.7. The molecule has 2 aromatic heterocycles. The fourth-order valence-electron chi connectivity index (χ4n) is 2.57. The molecule has 3 aromatic rings. The number of aromatic nitrogens is 2. The number of pyridine rings is 2. The van der Waals surface area contributed by atoms with Crippen LogP contribution < -0.4 is 11.3 Å². The second-order valence-electron chi connectivity index (χ2n) is 5.46. The van der Waals surface area contributed by atoms with Gasteiger partial charge in [-0.3, -0.25) is 9.36 Å². The van der Waals surface area contributed by atoms with E-state index in [1.165, 1.54) is 24.3 Å². The van der Waals surface area contributed by atoms with E-state index in [0.29, 0.717) is 5.02 Å². The van der Waals surface area contributed by atoms with Crippen LogP contribution in [0, 0.1) is 0 Å². The van der Waals surface area contributed by atoms with Gasteiger partial charge in [-0.15, -0.1) is 0 Å².